The second-order valence-corrected chi connectivity index (χ2v) is 6.57. The van der Waals surface area contributed by atoms with Crippen LogP contribution in [0.1, 0.15) is 46.0 Å². The third kappa shape index (κ3) is 9.38. The van der Waals surface area contributed by atoms with E-state index in [0.29, 0.717) is 0 Å². The standard InChI is InChI=1S/C17H28BrNO/c1-15(2)8-5-3-4-6-11-19-12-13-20-17-10-7-9-16(18)14-17/h7,9-10,14-15,19H,3-6,8,11-13H2,1-2H3. The van der Waals surface area contributed by atoms with Gasteiger partial charge >= 0.3 is 0 Å². The van der Waals surface area contributed by atoms with Crippen LogP contribution in [0.4, 0.5) is 0 Å². The summed E-state index contributed by atoms with van der Waals surface area (Å²) in [5.74, 6) is 1.78. The minimum atomic E-state index is 0.726. The summed E-state index contributed by atoms with van der Waals surface area (Å²) in [5, 5.41) is 3.43. The maximum Gasteiger partial charge on any atom is 0.120 e. The Morgan fingerprint density at radius 1 is 1.10 bits per heavy atom. The van der Waals surface area contributed by atoms with E-state index in [1.165, 1.54) is 32.1 Å². The van der Waals surface area contributed by atoms with Crippen molar-refractivity contribution in [2.75, 3.05) is 19.7 Å². The van der Waals surface area contributed by atoms with Gasteiger partial charge in [-0.25, -0.2) is 0 Å². The first-order chi connectivity index (χ1) is 9.68. The third-order valence-electron chi connectivity index (χ3n) is 3.23. The molecule has 0 amide bonds. The molecule has 0 saturated carbocycles. The molecule has 0 aromatic heterocycles. The molecule has 1 aromatic rings. The molecule has 1 rings (SSSR count). The molecule has 1 N–H and O–H groups in total. The summed E-state index contributed by atoms with van der Waals surface area (Å²) in [5.41, 5.74) is 0. The maximum atomic E-state index is 5.67. The van der Waals surface area contributed by atoms with E-state index >= 15 is 0 Å². The van der Waals surface area contributed by atoms with Crippen LogP contribution < -0.4 is 10.1 Å². The van der Waals surface area contributed by atoms with Gasteiger partial charge in [0.2, 0.25) is 0 Å². The number of rotatable bonds is 11. The summed E-state index contributed by atoms with van der Waals surface area (Å²) in [6, 6.07) is 7.97. The molecule has 0 spiro atoms. The van der Waals surface area contributed by atoms with Gasteiger partial charge in [-0.1, -0.05) is 61.5 Å². The number of ether oxygens (including phenoxy) is 1. The normalized spacial score (nSPS) is 11.0. The van der Waals surface area contributed by atoms with Crippen LogP contribution >= 0.6 is 15.9 Å². The van der Waals surface area contributed by atoms with E-state index in [4.69, 9.17) is 4.74 Å². The summed E-state index contributed by atoms with van der Waals surface area (Å²) in [6.07, 6.45) is 6.73. The first kappa shape index (κ1) is 17.5. The molecular weight excluding hydrogens is 314 g/mol. The first-order valence-electron chi connectivity index (χ1n) is 7.77. The fourth-order valence-corrected chi connectivity index (χ4v) is 2.46. The van der Waals surface area contributed by atoms with Gasteiger partial charge in [-0.3, -0.25) is 0 Å². The molecule has 0 saturated heterocycles. The zero-order valence-electron chi connectivity index (χ0n) is 12.8. The summed E-state index contributed by atoms with van der Waals surface area (Å²) in [4.78, 5) is 0. The van der Waals surface area contributed by atoms with Crippen molar-refractivity contribution in [1.82, 2.24) is 5.32 Å². The Morgan fingerprint density at radius 2 is 1.90 bits per heavy atom. The Morgan fingerprint density at radius 3 is 2.65 bits per heavy atom. The fraction of sp³-hybridized carbons (Fsp3) is 0.647. The predicted molar refractivity (Wildman–Crippen MR) is 90.4 cm³/mol. The summed E-state index contributed by atoms with van der Waals surface area (Å²) in [7, 11) is 0. The van der Waals surface area contributed by atoms with E-state index in [2.05, 4.69) is 35.1 Å². The zero-order chi connectivity index (χ0) is 14.6. The molecule has 0 atom stereocenters. The fourth-order valence-electron chi connectivity index (χ4n) is 2.08. The van der Waals surface area contributed by atoms with E-state index < -0.39 is 0 Å². The molecule has 0 radical (unpaired) electrons. The molecule has 0 aliphatic rings. The minimum absolute atomic E-state index is 0.726. The molecule has 20 heavy (non-hydrogen) atoms. The van der Waals surface area contributed by atoms with Crippen LogP contribution in [0.5, 0.6) is 5.75 Å². The Hall–Kier alpha value is -0.540. The van der Waals surface area contributed by atoms with Crippen molar-refractivity contribution in [3.05, 3.63) is 28.7 Å². The molecular formula is C17H28BrNO. The van der Waals surface area contributed by atoms with Crippen molar-refractivity contribution >= 4 is 15.9 Å². The molecule has 2 nitrogen and oxygen atoms in total. The van der Waals surface area contributed by atoms with E-state index in [1.807, 2.05) is 24.3 Å². The molecule has 114 valence electrons. The minimum Gasteiger partial charge on any atom is -0.492 e. The van der Waals surface area contributed by atoms with Gasteiger partial charge in [-0.2, -0.15) is 0 Å². The molecule has 0 aliphatic carbocycles. The van der Waals surface area contributed by atoms with Gasteiger partial charge in [0.25, 0.3) is 0 Å². The average molecular weight is 342 g/mol. The van der Waals surface area contributed by atoms with Crippen molar-refractivity contribution in [3.8, 4) is 5.75 Å². The molecule has 0 bridgehead atoms. The highest BCUT2D eigenvalue weighted by molar-refractivity contribution is 9.10. The number of unbranched alkanes of at least 4 members (excludes halogenated alkanes) is 3. The Labute approximate surface area is 132 Å². The molecule has 0 aliphatic heterocycles. The van der Waals surface area contributed by atoms with Crippen LogP contribution in [0.2, 0.25) is 0 Å². The van der Waals surface area contributed by atoms with E-state index in [0.717, 1.165) is 35.8 Å². The first-order valence-corrected chi connectivity index (χ1v) is 8.57. The SMILES string of the molecule is CC(C)CCCCCCNCCOc1cccc(Br)c1. The van der Waals surface area contributed by atoms with Gasteiger partial charge in [0, 0.05) is 11.0 Å². The lowest BCUT2D eigenvalue weighted by Crippen LogP contribution is -2.22. The molecule has 0 fully saturated rings. The maximum absolute atomic E-state index is 5.67. The van der Waals surface area contributed by atoms with Crippen molar-refractivity contribution in [3.63, 3.8) is 0 Å². The van der Waals surface area contributed by atoms with E-state index in [-0.39, 0.29) is 0 Å². The Bertz CT molecular complexity index is 355. The van der Waals surface area contributed by atoms with Crippen LogP contribution in [-0.4, -0.2) is 19.7 Å². The Balaban J connectivity index is 1.88. The number of benzene rings is 1. The van der Waals surface area contributed by atoms with Gasteiger partial charge in [-0.05, 0) is 37.1 Å². The molecule has 1 aromatic carbocycles. The van der Waals surface area contributed by atoms with Crippen molar-refractivity contribution in [2.24, 2.45) is 5.92 Å². The Kier molecular flexibility index (Phi) is 9.77. The highest BCUT2D eigenvalue weighted by Crippen LogP contribution is 2.17. The second kappa shape index (κ2) is 11.2. The number of hydrogen-bond donors (Lipinski definition) is 1. The van der Waals surface area contributed by atoms with Crippen molar-refractivity contribution in [1.29, 1.82) is 0 Å². The van der Waals surface area contributed by atoms with Gasteiger partial charge in [-0.15, -0.1) is 0 Å². The van der Waals surface area contributed by atoms with E-state index in [1.54, 1.807) is 0 Å². The quantitative estimate of drug-likeness (QED) is 0.570. The second-order valence-electron chi connectivity index (χ2n) is 5.65. The van der Waals surface area contributed by atoms with Gasteiger partial charge in [0.05, 0.1) is 0 Å². The zero-order valence-corrected chi connectivity index (χ0v) is 14.4. The third-order valence-corrected chi connectivity index (χ3v) is 3.72. The number of hydrogen-bond acceptors (Lipinski definition) is 2. The lowest BCUT2D eigenvalue weighted by molar-refractivity contribution is 0.313. The summed E-state index contributed by atoms with van der Waals surface area (Å²) < 4.78 is 6.73. The largest absolute Gasteiger partial charge is 0.492 e. The van der Waals surface area contributed by atoms with Crippen molar-refractivity contribution < 1.29 is 4.74 Å². The van der Waals surface area contributed by atoms with Crippen LogP contribution in [0.3, 0.4) is 0 Å². The lowest BCUT2D eigenvalue weighted by Gasteiger charge is -2.08. The highest BCUT2D eigenvalue weighted by atomic mass is 79.9. The van der Waals surface area contributed by atoms with Gasteiger partial charge in [0.1, 0.15) is 12.4 Å². The van der Waals surface area contributed by atoms with Gasteiger partial charge in [0.15, 0.2) is 0 Å². The van der Waals surface area contributed by atoms with Crippen LogP contribution in [0.15, 0.2) is 28.7 Å². The number of nitrogens with one attached hydrogen (secondary N) is 1. The lowest BCUT2D eigenvalue weighted by atomic mass is 10.0. The molecule has 3 heteroatoms. The predicted octanol–water partition coefficient (Wildman–Crippen LogP) is 5.02. The average Bonchev–Trinajstić information content (AvgIpc) is 2.40. The van der Waals surface area contributed by atoms with Crippen LogP contribution in [-0.2, 0) is 0 Å². The number of halogens is 1. The monoisotopic (exact) mass is 341 g/mol. The summed E-state index contributed by atoms with van der Waals surface area (Å²) >= 11 is 3.44. The van der Waals surface area contributed by atoms with Crippen molar-refractivity contribution in [2.45, 2.75) is 46.0 Å². The smallest absolute Gasteiger partial charge is 0.120 e. The molecule has 0 unspecified atom stereocenters. The topological polar surface area (TPSA) is 21.3 Å². The highest BCUT2D eigenvalue weighted by Gasteiger charge is 1.96. The van der Waals surface area contributed by atoms with Crippen LogP contribution in [0, 0.1) is 5.92 Å². The van der Waals surface area contributed by atoms with Crippen LogP contribution in [0.25, 0.3) is 0 Å². The van der Waals surface area contributed by atoms with Gasteiger partial charge < -0.3 is 10.1 Å². The summed E-state index contributed by atoms with van der Waals surface area (Å²) in [6.45, 7) is 7.34. The molecule has 0 heterocycles. The van der Waals surface area contributed by atoms with E-state index in [9.17, 15) is 0 Å².